The molecule has 110 valence electrons. The SMILES string of the molecule is O=c1cc(-c2ccncc2)c2ccccc2n1-c1ccccc1. The van der Waals surface area contributed by atoms with Gasteiger partial charge in [-0.2, -0.15) is 0 Å². The molecule has 0 unspecified atom stereocenters. The lowest BCUT2D eigenvalue weighted by molar-refractivity contribution is 1.04. The van der Waals surface area contributed by atoms with Crippen LogP contribution in [0.1, 0.15) is 0 Å². The van der Waals surface area contributed by atoms with Crippen molar-refractivity contribution in [3.05, 3.63) is 95.5 Å². The van der Waals surface area contributed by atoms with Gasteiger partial charge in [-0.05, 0) is 41.5 Å². The van der Waals surface area contributed by atoms with Crippen LogP contribution in [0.3, 0.4) is 0 Å². The fraction of sp³-hybridized carbons (Fsp3) is 0. The molecule has 0 bridgehead atoms. The lowest BCUT2D eigenvalue weighted by Gasteiger charge is -2.13. The molecule has 4 rings (SSSR count). The minimum atomic E-state index is -0.0401. The Morgan fingerprint density at radius 3 is 2.26 bits per heavy atom. The van der Waals surface area contributed by atoms with E-state index in [4.69, 9.17) is 0 Å². The summed E-state index contributed by atoms with van der Waals surface area (Å²) in [6, 6.07) is 23.2. The van der Waals surface area contributed by atoms with Crippen LogP contribution in [-0.4, -0.2) is 9.55 Å². The molecule has 0 N–H and O–H groups in total. The zero-order valence-corrected chi connectivity index (χ0v) is 12.4. The molecule has 2 heterocycles. The van der Waals surface area contributed by atoms with Crippen LogP contribution in [-0.2, 0) is 0 Å². The summed E-state index contributed by atoms with van der Waals surface area (Å²) in [5.74, 6) is 0. The Bertz CT molecular complexity index is 1020. The van der Waals surface area contributed by atoms with Crippen molar-refractivity contribution in [3.8, 4) is 16.8 Å². The van der Waals surface area contributed by atoms with Crippen molar-refractivity contribution < 1.29 is 0 Å². The zero-order valence-electron chi connectivity index (χ0n) is 12.4. The highest BCUT2D eigenvalue weighted by Gasteiger charge is 2.11. The summed E-state index contributed by atoms with van der Waals surface area (Å²) in [6.07, 6.45) is 3.49. The van der Waals surface area contributed by atoms with E-state index in [-0.39, 0.29) is 5.56 Å². The van der Waals surface area contributed by atoms with E-state index in [1.807, 2.05) is 66.7 Å². The number of hydrogen-bond donors (Lipinski definition) is 0. The summed E-state index contributed by atoms with van der Waals surface area (Å²) in [5.41, 5.74) is 3.66. The van der Waals surface area contributed by atoms with Crippen LogP contribution < -0.4 is 5.56 Å². The second kappa shape index (κ2) is 5.54. The number of nitrogens with zero attached hydrogens (tertiary/aromatic N) is 2. The Kier molecular flexibility index (Phi) is 3.24. The number of rotatable bonds is 2. The number of fused-ring (bicyclic) bond motifs is 1. The van der Waals surface area contributed by atoms with Crippen molar-refractivity contribution in [2.75, 3.05) is 0 Å². The average Bonchev–Trinajstić information content (AvgIpc) is 2.62. The van der Waals surface area contributed by atoms with Gasteiger partial charge >= 0.3 is 0 Å². The molecule has 2 aromatic carbocycles. The van der Waals surface area contributed by atoms with E-state index in [1.54, 1.807) is 23.0 Å². The molecular weight excluding hydrogens is 284 g/mol. The van der Waals surface area contributed by atoms with Gasteiger partial charge in [0.1, 0.15) is 0 Å². The third-order valence-corrected chi connectivity index (χ3v) is 3.93. The normalized spacial score (nSPS) is 10.8. The molecule has 2 aromatic heterocycles. The van der Waals surface area contributed by atoms with E-state index in [0.29, 0.717) is 0 Å². The van der Waals surface area contributed by atoms with E-state index < -0.39 is 0 Å². The van der Waals surface area contributed by atoms with Crippen LogP contribution in [0.4, 0.5) is 0 Å². The molecular formula is C20H14N2O. The highest BCUT2D eigenvalue weighted by atomic mass is 16.1. The lowest BCUT2D eigenvalue weighted by atomic mass is 10.0. The van der Waals surface area contributed by atoms with Gasteiger partial charge in [-0.1, -0.05) is 36.4 Å². The molecule has 3 nitrogen and oxygen atoms in total. The minimum Gasteiger partial charge on any atom is -0.277 e. The smallest absolute Gasteiger partial charge is 0.256 e. The van der Waals surface area contributed by atoms with Crippen molar-refractivity contribution in [1.29, 1.82) is 0 Å². The van der Waals surface area contributed by atoms with E-state index >= 15 is 0 Å². The summed E-state index contributed by atoms with van der Waals surface area (Å²) in [7, 11) is 0. The van der Waals surface area contributed by atoms with Crippen molar-refractivity contribution in [2.45, 2.75) is 0 Å². The molecule has 0 spiro atoms. The van der Waals surface area contributed by atoms with Gasteiger partial charge in [0.25, 0.3) is 5.56 Å². The standard InChI is InChI=1S/C20H14N2O/c23-20-14-18(15-10-12-21-13-11-15)17-8-4-5-9-19(17)22(20)16-6-2-1-3-7-16/h1-14H. The monoisotopic (exact) mass is 298 g/mol. The summed E-state index contributed by atoms with van der Waals surface area (Å²) < 4.78 is 1.75. The summed E-state index contributed by atoms with van der Waals surface area (Å²) >= 11 is 0. The summed E-state index contributed by atoms with van der Waals surface area (Å²) in [5, 5.41) is 1.04. The van der Waals surface area contributed by atoms with Crippen LogP contribution >= 0.6 is 0 Å². The molecule has 0 radical (unpaired) electrons. The largest absolute Gasteiger partial charge is 0.277 e. The van der Waals surface area contributed by atoms with Crippen LogP contribution in [0, 0.1) is 0 Å². The molecule has 3 heteroatoms. The molecule has 0 aliphatic rings. The maximum Gasteiger partial charge on any atom is 0.256 e. The number of para-hydroxylation sites is 2. The van der Waals surface area contributed by atoms with Crippen molar-refractivity contribution in [3.63, 3.8) is 0 Å². The Morgan fingerprint density at radius 2 is 1.48 bits per heavy atom. The maximum atomic E-state index is 12.8. The van der Waals surface area contributed by atoms with Gasteiger partial charge in [-0.3, -0.25) is 14.3 Å². The quantitative estimate of drug-likeness (QED) is 0.559. The number of pyridine rings is 2. The first kappa shape index (κ1) is 13.5. The third kappa shape index (κ3) is 2.32. The summed E-state index contributed by atoms with van der Waals surface area (Å²) in [4.78, 5) is 16.8. The van der Waals surface area contributed by atoms with Crippen LogP contribution in [0.5, 0.6) is 0 Å². The van der Waals surface area contributed by atoms with Gasteiger partial charge in [0.05, 0.1) is 5.52 Å². The van der Waals surface area contributed by atoms with Gasteiger partial charge in [-0.25, -0.2) is 0 Å². The second-order valence-electron chi connectivity index (χ2n) is 5.32. The Balaban J connectivity index is 2.10. The summed E-state index contributed by atoms with van der Waals surface area (Å²) in [6.45, 7) is 0. The first-order chi connectivity index (χ1) is 11.3. The predicted molar refractivity (Wildman–Crippen MR) is 92.8 cm³/mol. The van der Waals surface area contributed by atoms with Crippen LogP contribution in [0.15, 0.2) is 90.0 Å². The van der Waals surface area contributed by atoms with Gasteiger partial charge in [0.2, 0.25) is 0 Å². The average molecular weight is 298 g/mol. The molecule has 0 saturated heterocycles. The van der Waals surface area contributed by atoms with E-state index in [0.717, 1.165) is 27.7 Å². The van der Waals surface area contributed by atoms with Crippen molar-refractivity contribution in [1.82, 2.24) is 9.55 Å². The number of hydrogen-bond acceptors (Lipinski definition) is 2. The highest BCUT2D eigenvalue weighted by Crippen LogP contribution is 2.27. The van der Waals surface area contributed by atoms with Crippen LogP contribution in [0.25, 0.3) is 27.7 Å². The van der Waals surface area contributed by atoms with Crippen molar-refractivity contribution >= 4 is 10.9 Å². The van der Waals surface area contributed by atoms with E-state index in [1.165, 1.54) is 0 Å². The Labute approximate surface area is 133 Å². The van der Waals surface area contributed by atoms with Gasteiger partial charge in [0.15, 0.2) is 0 Å². The lowest BCUT2D eigenvalue weighted by Crippen LogP contribution is -2.18. The Morgan fingerprint density at radius 1 is 0.783 bits per heavy atom. The Hall–Kier alpha value is -3.20. The van der Waals surface area contributed by atoms with Crippen molar-refractivity contribution in [2.24, 2.45) is 0 Å². The van der Waals surface area contributed by atoms with Gasteiger partial charge < -0.3 is 0 Å². The second-order valence-corrected chi connectivity index (χ2v) is 5.32. The van der Waals surface area contributed by atoms with Gasteiger partial charge in [0, 0.05) is 29.5 Å². The number of benzene rings is 2. The first-order valence-electron chi connectivity index (χ1n) is 7.45. The van der Waals surface area contributed by atoms with Gasteiger partial charge in [-0.15, -0.1) is 0 Å². The molecule has 0 aliphatic heterocycles. The third-order valence-electron chi connectivity index (χ3n) is 3.93. The molecule has 0 saturated carbocycles. The first-order valence-corrected chi connectivity index (χ1v) is 7.45. The molecule has 23 heavy (non-hydrogen) atoms. The fourth-order valence-corrected chi connectivity index (χ4v) is 2.89. The topological polar surface area (TPSA) is 34.9 Å². The van der Waals surface area contributed by atoms with E-state index in [2.05, 4.69) is 4.98 Å². The maximum absolute atomic E-state index is 12.8. The molecule has 4 aromatic rings. The minimum absolute atomic E-state index is 0.0401. The molecule has 0 amide bonds. The zero-order chi connectivity index (χ0) is 15.6. The van der Waals surface area contributed by atoms with E-state index in [9.17, 15) is 4.79 Å². The predicted octanol–water partition coefficient (Wildman–Crippen LogP) is 4.05. The number of aromatic nitrogens is 2. The molecule has 0 atom stereocenters. The molecule has 0 fully saturated rings. The highest BCUT2D eigenvalue weighted by molar-refractivity contribution is 5.95. The molecule has 0 aliphatic carbocycles. The van der Waals surface area contributed by atoms with Crippen LogP contribution in [0.2, 0.25) is 0 Å². The fourth-order valence-electron chi connectivity index (χ4n) is 2.89.